The van der Waals surface area contributed by atoms with Crippen LogP contribution in [0.4, 0.5) is 0 Å². The average molecular weight is 1670 g/mol. The molecule has 0 spiro atoms. The van der Waals surface area contributed by atoms with E-state index in [0.29, 0.717) is 81.6 Å². The highest BCUT2D eigenvalue weighted by atomic mass is 33.1. The number of nitrogens with one attached hydrogen (secondary N) is 13. The van der Waals surface area contributed by atoms with Crippen molar-refractivity contribution in [2.75, 3.05) is 24.6 Å². The van der Waals surface area contributed by atoms with Gasteiger partial charge in [-0.15, -0.1) is 0 Å². The number of unbranched alkanes of at least 4 members (excludes halogenated alkanes) is 2. The molecule has 12 rings (SSSR count). The minimum Gasteiger partial charge on any atom is -0.361 e. The summed E-state index contributed by atoms with van der Waals surface area (Å²) in [7, 11) is 2.13. The highest BCUT2D eigenvalue weighted by molar-refractivity contribution is 8.76. The molecule has 0 aliphatic carbocycles. The first-order valence-corrected chi connectivity index (χ1v) is 43.3. The van der Waals surface area contributed by atoms with E-state index in [9.17, 15) is 0 Å². The van der Waals surface area contributed by atoms with Crippen LogP contribution >= 0.6 is 21.6 Å². The molecule has 2 bridgehead atoms. The predicted octanol–water partition coefficient (Wildman–Crippen LogP) is 5.41. The molecule has 33 heteroatoms. The van der Waals surface area contributed by atoms with Gasteiger partial charge in [-0.05, 0) is 86.0 Å². The van der Waals surface area contributed by atoms with Crippen LogP contribution in [0, 0.1) is 23.7 Å². The summed E-state index contributed by atoms with van der Waals surface area (Å²) in [5.74, 6) is -13.9. The number of nitrogens with two attached hydrogens (primary N) is 2. The standard InChI is InChI=1S/C87H103N19O12S2/c88-27-13-11-20-54-35-78(109)59-38-77(108)55(32-57-42-94-66-24-9-7-22-64(57)66)36-79(110)69(39-60-21-15-29-93-60)100-82(113)71(31-53-18-5-2-6-19-53)102-85(116)73(40-62-45-91-50-97-62)104-81(112)68(26-12-14-28-89)99-87(118)75(48-120-119-47-59)106-84(115)72(34-58-43-95-67-25-10-8-23-65(58)67)103-86(117)74(41-63-46-92-51-98-63)105-83(114)70(30-52-16-3-1-4-17-52)101-80(111)56(37-76(54)107)33-61-44-90-49-96-61/h1-10,16-19,21-25,29,42-46,49-51,54-56,59,68-75,94-95H,11-15,20,26-28,30-41,47-48,88-89H2,(H,90,96)(H,91,97)(H,92,98)(H,99,118)(H,100,113)(H,101,111)(H,102,116)(H,103,117)(H,104,112)(H,105,114)(H,106,115)/t54-,55+,56+,59-,68+,69-,70+,71+,72-,73-,74-,75-/m0/s1. The second kappa shape index (κ2) is 43.7. The van der Waals surface area contributed by atoms with Gasteiger partial charge < -0.3 is 78.9 Å². The number of hydrogen-bond donors (Lipinski definition) is 15. The number of Topliss-reactive ketones (excluding diaryl/α,β-unsaturated/α-hetero) is 4. The molecule has 0 saturated carbocycles. The summed E-state index contributed by atoms with van der Waals surface area (Å²) in [5, 5.41) is 24.7. The monoisotopic (exact) mass is 1670 g/mol. The van der Waals surface area contributed by atoms with Crippen LogP contribution in [0.3, 0.4) is 0 Å². The van der Waals surface area contributed by atoms with E-state index in [-0.39, 0.29) is 95.2 Å². The number of amides is 8. The Hall–Kier alpha value is -11.9. The van der Waals surface area contributed by atoms with Crippen LogP contribution in [0.15, 0.2) is 176 Å². The number of allylic oxidation sites excluding steroid dienone is 1. The van der Waals surface area contributed by atoms with E-state index in [1.165, 1.54) is 31.4 Å². The molecule has 120 heavy (non-hydrogen) atoms. The lowest BCUT2D eigenvalue weighted by Gasteiger charge is -2.28. The summed E-state index contributed by atoms with van der Waals surface area (Å²) in [5.41, 5.74) is 17.6. The van der Waals surface area contributed by atoms with E-state index in [1.807, 2.05) is 48.5 Å². The van der Waals surface area contributed by atoms with Crippen LogP contribution in [-0.4, -0.2) is 189 Å². The Balaban J connectivity index is 0.991. The van der Waals surface area contributed by atoms with Gasteiger partial charge in [0.2, 0.25) is 47.3 Å². The number of aromatic nitrogens is 8. The molecule has 31 nitrogen and oxygen atoms in total. The number of para-hydroxylation sites is 2. The number of ketones is 4. The lowest BCUT2D eigenvalue weighted by Crippen LogP contribution is -2.61. The zero-order chi connectivity index (χ0) is 84.3. The summed E-state index contributed by atoms with van der Waals surface area (Å²) < 4.78 is 0. The molecule has 630 valence electrons. The van der Waals surface area contributed by atoms with Gasteiger partial charge in [0.05, 0.1) is 48.0 Å². The van der Waals surface area contributed by atoms with Gasteiger partial charge in [0.1, 0.15) is 59.6 Å². The smallest absolute Gasteiger partial charge is 0.244 e. The Bertz CT molecular complexity index is 5050. The lowest BCUT2D eigenvalue weighted by molar-refractivity contribution is -0.136. The Labute approximate surface area is 701 Å². The van der Waals surface area contributed by atoms with Crippen molar-refractivity contribution in [2.24, 2.45) is 40.1 Å². The van der Waals surface area contributed by atoms with Crippen molar-refractivity contribution < 1.29 is 57.5 Å². The average Bonchev–Trinajstić information content (AvgIpc) is 1.60. The van der Waals surface area contributed by atoms with Crippen molar-refractivity contribution >= 4 is 120 Å². The number of benzene rings is 4. The highest BCUT2D eigenvalue weighted by Gasteiger charge is 2.40. The first-order chi connectivity index (χ1) is 58.3. The third kappa shape index (κ3) is 24.8. The number of imidazole rings is 3. The Morgan fingerprint density at radius 3 is 1.33 bits per heavy atom. The van der Waals surface area contributed by atoms with E-state index in [2.05, 4.69) is 87.4 Å². The fourth-order valence-electron chi connectivity index (χ4n) is 15.4. The van der Waals surface area contributed by atoms with Crippen molar-refractivity contribution in [1.29, 1.82) is 0 Å². The summed E-state index contributed by atoms with van der Waals surface area (Å²) >= 11 is 0. The molecule has 9 aromatic rings. The highest BCUT2D eigenvalue weighted by Crippen LogP contribution is 2.34. The van der Waals surface area contributed by atoms with Crippen LogP contribution in [0.5, 0.6) is 0 Å². The Kier molecular flexibility index (Phi) is 31.8. The van der Waals surface area contributed by atoms with E-state index in [4.69, 9.17) is 11.5 Å². The quantitative estimate of drug-likeness (QED) is 0.0265. The molecule has 5 aromatic heterocycles. The molecular weight excluding hydrogens is 1570 g/mol. The molecule has 2 fully saturated rings. The minimum absolute atomic E-state index is 0.0293. The van der Waals surface area contributed by atoms with Crippen molar-refractivity contribution in [3.05, 3.63) is 210 Å². The number of nitrogens with zero attached hydrogens (tertiary/aromatic N) is 4. The molecule has 4 aromatic carbocycles. The van der Waals surface area contributed by atoms with Gasteiger partial charge in [-0.2, -0.15) is 0 Å². The molecule has 2 saturated heterocycles. The van der Waals surface area contributed by atoms with Crippen molar-refractivity contribution in [3.63, 3.8) is 0 Å². The Morgan fingerprint density at radius 1 is 0.358 bits per heavy atom. The largest absolute Gasteiger partial charge is 0.361 e. The summed E-state index contributed by atoms with van der Waals surface area (Å²) in [6.07, 6.45) is 14.7. The molecule has 8 amide bonds. The number of hydrogen-bond acceptors (Lipinski definition) is 20. The molecule has 3 aliphatic heterocycles. The third-order valence-electron chi connectivity index (χ3n) is 22.1. The second-order valence-electron chi connectivity index (χ2n) is 30.8. The van der Waals surface area contributed by atoms with E-state index >= 15 is 57.5 Å². The zero-order valence-corrected chi connectivity index (χ0v) is 68.1. The first kappa shape index (κ1) is 87.4. The maximum Gasteiger partial charge on any atom is 0.244 e. The number of aliphatic imine (C=N–C) groups is 1. The zero-order valence-electron chi connectivity index (χ0n) is 66.5. The van der Waals surface area contributed by atoms with Crippen molar-refractivity contribution in [3.8, 4) is 0 Å². The van der Waals surface area contributed by atoms with Gasteiger partial charge in [0.15, 0.2) is 5.78 Å². The second-order valence-corrected chi connectivity index (χ2v) is 33.4. The molecule has 0 radical (unpaired) electrons. The number of rotatable bonds is 24. The SMILES string of the molecule is NCCCC[C@H]1CC(=O)[C@@H]2CSSC[C@H](NC(=O)[C@H](Cc3c[nH]c4ccccc34)NC(=O)[C@H](Cc3c[nH]cn3)NC(=O)[C@@H](Cc3ccccc3)NC(=O)[C@H](Cc3c[nH]cn3)CC1=O)C(=O)N[C@H](CCCCN)C(=O)N[C@@H](Cc1c[nH]cn1)C(=O)N[C@H](Cc1ccccc1)C(=O)N[C@@H](CC1=CCC=N1)C(=O)C[C@@H](Cc1c[nH]c3ccccc13)C(=O)C2. The number of aromatic amines is 5. The number of carbonyl (C=O) groups excluding carboxylic acids is 12. The fraction of sp³-hybridized carbons (Fsp3) is 0.402. The number of fused-ring (bicyclic) bond motifs is 7. The van der Waals surface area contributed by atoms with Crippen LogP contribution in [0.1, 0.15) is 116 Å². The third-order valence-corrected chi connectivity index (χ3v) is 24.6. The molecule has 0 unspecified atom stereocenters. The predicted molar refractivity (Wildman–Crippen MR) is 456 cm³/mol. The van der Waals surface area contributed by atoms with Crippen molar-refractivity contribution in [1.82, 2.24) is 82.4 Å². The van der Waals surface area contributed by atoms with Crippen molar-refractivity contribution in [2.45, 2.75) is 170 Å². The summed E-state index contributed by atoms with van der Waals surface area (Å²) in [6.45, 7) is 0.440. The number of H-pyrrole nitrogens is 5. The lowest BCUT2D eigenvalue weighted by atomic mass is 9.81. The maximum absolute atomic E-state index is 16.1. The Morgan fingerprint density at radius 2 is 0.800 bits per heavy atom. The van der Waals surface area contributed by atoms with Crippen LogP contribution < -0.4 is 54.0 Å². The number of carbonyl (C=O) groups is 12. The minimum atomic E-state index is -1.60. The van der Waals surface area contributed by atoms with Gasteiger partial charge in [-0.1, -0.05) is 131 Å². The fourth-order valence-corrected chi connectivity index (χ4v) is 18.0. The van der Waals surface area contributed by atoms with E-state index in [1.54, 1.807) is 91.5 Å². The summed E-state index contributed by atoms with van der Waals surface area (Å²) in [4.78, 5) is 221. The summed E-state index contributed by atoms with van der Waals surface area (Å²) in [6, 6.07) is 20.5. The van der Waals surface area contributed by atoms with E-state index in [0.717, 1.165) is 32.5 Å². The van der Waals surface area contributed by atoms with Crippen LogP contribution in [0.25, 0.3) is 21.8 Å². The van der Waals surface area contributed by atoms with Crippen LogP contribution in [0.2, 0.25) is 0 Å². The molecule has 17 N–H and O–H groups in total. The van der Waals surface area contributed by atoms with E-state index < -0.39 is 168 Å². The normalized spacial score (nSPS) is 23.7. The van der Waals surface area contributed by atoms with Gasteiger partial charge in [-0.3, -0.25) is 62.5 Å². The molecule has 8 heterocycles. The molecule has 12 atom stereocenters. The van der Waals surface area contributed by atoms with Gasteiger partial charge in [-0.25, -0.2) is 15.0 Å². The van der Waals surface area contributed by atoms with Gasteiger partial charge >= 0.3 is 0 Å². The van der Waals surface area contributed by atoms with Gasteiger partial charge in [0, 0.05) is 171 Å². The first-order valence-electron chi connectivity index (χ1n) is 40.8. The van der Waals surface area contributed by atoms with Crippen LogP contribution in [-0.2, 0) is 102 Å². The maximum atomic E-state index is 16.1. The molecule has 3 aliphatic rings. The van der Waals surface area contributed by atoms with Gasteiger partial charge in [0.25, 0.3) is 0 Å². The molecular formula is C87H103N19O12S2. The topological polar surface area (TPSA) is 483 Å².